The van der Waals surface area contributed by atoms with Crippen molar-refractivity contribution in [2.24, 2.45) is 0 Å². The zero-order valence-corrected chi connectivity index (χ0v) is 16.8. The summed E-state index contributed by atoms with van der Waals surface area (Å²) in [6, 6.07) is 0. The van der Waals surface area contributed by atoms with Crippen LogP contribution in [0.25, 0.3) is 0 Å². The second-order valence-corrected chi connectivity index (χ2v) is 8.11. The van der Waals surface area contributed by atoms with Crippen molar-refractivity contribution >= 4 is 11.9 Å². The average molecular weight is 376 g/mol. The number of carboxylic acid groups (broad SMARTS) is 1. The van der Waals surface area contributed by atoms with E-state index in [0.29, 0.717) is 17.4 Å². The van der Waals surface area contributed by atoms with Crippen LogP contribution in [0.3, 0.4) is 0 Å². The molecule has 0 radical (unpaired) electrons. The molecule has 0 heterocycles. The Bertz CT molecular complexity index is 407. The van der Waals surface area contributed by atoms with Crippen molar-refractivity contribution in [2.45, 2.75) is 83.0 Å². The molecule has 0 fully saturated rings. The van der Waals surface area contributed by atoms with Crippen molar-refractivity contribution in [1.82, 2.24) is 0 Å². The number of aliphatic carboxylic acids is 1. The van der Waals surface area contributed by atoms with Crippen molar-refractivity contribution in [2.75, 3.05) is 27.7 Å². The lowest BCUT2D eigenvalue weighted by Crippen LogP contribution is -2.45. The molecule has 3 unspecified atom stereocenters. The number of carbonyl (C=O) groups excluding carboxylic acids is 2. The molecule has 0 amide bonds. The monoisotopic (exact) mass is 375 g/mol. The minimum absolute atomic E-state index is 0.114. The number of likely N-dealkylation sites (N-methyl/N-ethyl adjacent to an activating group) is 1. The molecule has 0 aromatic carbocycles. The number of hydrogen-bond donors (Lipinski definition) is 2. The molecule has 0 spiro atoms. The van der Waals surface area contributed by atoms with E-state index in [-0.39, 0.29) is 19.3 Å². The summed E-state index contributed by atoms with van der Waals surface area (Å²) in [5.74, 6) is -1.94. The topological polar surface area (TPSA) is 107 Å². The number of quaternary nitrogens is 1. The van der Waals surface area contributed by atoms with Crippen LogP contribution in [-0.4, -0.2) is 72.6 Å². The summed E-state index contributed by atoms with van der Waals surface area (Å²) in [5, 5.41) is 30.7. The van der Waals surface area contributed by atoms with Gasteiger partial charge in [0.1, 0.15) is 6.54 Å². The maximum Gasteiger partial charge on any atom is 0.308 e. The van der Waals surface area contributed by atoms with Crippen LogP contribution in [0.4, 0.5) is 0 Å². The SMILES string of the molecule is CCCCCCCC(O)CC(O)CC(=O)OC(CC(=O)[O-])C[N+](C)(C)C. The van der Waals surface area contributed by atoms with E-state index in [2.05, 4.69) is 6.92 Å². The molecule has 154 valence electrons. The number of hydrogen-bond acceptors (Lipinski definition) is 6. The fraction of sp³-hybridized carbons (Fsp3) is 0.895. The third-order valence-electron chi connectivity index (χ3n) is 4.03. The van der Waals surface area contributed by atoms with Gasteiger partial charge in [-0.05, 0) is 12.8 Å². The van der Waals surface area contributed by atoms with Gasteiger partial charge in [-0.15, -0.1) is 0 Å². The summed E-state index contributed by atoms with van der Waals surface area (Å²) in [7, 11) is 5.59. The quantitative estimate of drug-likeness (QED) is 0.247. The molecule has 0 aliphatic rings. The van der Waals surface area contributed by atoms with Gasteiger partial charge in [-0.25, -0.2) is 0 Å². The highest BCUT2D eigenvalue weighted by Gasteiger charge is 2.24. The van der Waals surface area contributed by atoms with Gasteiger partial charge in [-0.3, -0.25) is 4.79 Å². The summed E-state index contributed by atoms with van der Waals surface area (Å²) >= 11 is 0. The van der Waals surface area contributed by atoms with E-state index in [1.54, 1.807) is 0 Å². The first-order chi connectivity index (χ1) is 12.0. The lowest BCUT2D eigenvalue weighted by atomic mass is 10.0. The zero-order chi connectivity index (χ0) is 20.2. The highest BCUT2D eigenvalue weighted by Crippen LogP contribution is 2.13. The molecule has 3 atom stereocenters. The van der Waals surface area contributed by atoms with E-state index in [9.17, 15) is 24.9 Å². The third-order valence-corrected chi connectivity index (χ3v) is 4.03. The number of carboxylic acids is 1. The van der Waals surface area contributed by atoms with Crippen LogP contribution >= 0.6 is 0 Å². The minimum atomic E-state index is -1.28. The van der Waals surface area contributed by atoms with E-state index in [0.717, 1.165) is 25.7 Å². The summed E-state index contributed by atoms with van der Waals surface area (Å²) in [5.41, 5.74) is 0. The molecule has 0 aromatic rings. The van der Waals surface area contributed by atoms with Crippen molar-refractivity contribution in [1.29, 1.82) is 0 Å². The molecular formula is C19H37NO6. The Morgan fingerprint density at radius 2 is 1.62 bits per heavy atom. The molecule has 0 saturated carbocycles. The summed E-state index contributed by atoms with van der Waals surface area (Å²) < 4.78 is 5.63. The number of aliphatic hydroxyl groups is 2. The largest absolute Gasteiger partial charge is 0.550 e. The highest BCUT2D eigenvalue weighted by molar-refractivity contribution is 5.71. The maximum absolute atomic E-state index is 12.0. The highest BCUT2D eigenvalue weighted by atomic mass is 16.5. The normalized spacial score (nSPS) is 15.3. The lowest BCUT2D eigenvalue weighted by molar-refractivity contribution is -0.873. The first kappa shape index (κ1) is 24.8. The number of rotatable bonds is 15. The van der Waals surface area contributed by atoms with Crippen LogP contribution in [0, 0.1) is 0 Å². The van der Waals surface area contributed by atoms with Gasteiger partial charge in [-0.1, -0.05) is 39.0 Å². The predicted molar refractivity (Wildman–Crippen MR) is 97.0 cm³/mol. The molecule has 0 aliphatic heterocycles. The lowest BCUT2D eigenvalue weighted by Gasteiger charge is -2.29. The molecular weight excluding hydrogens is 338 g/mol. The van der Waals surface area contributed by atoms with Crippen molar-refractivity contribution in [3.63, 3.8) is 0 Å². The number of unbranched alkanes of at least 4 members (excludes halogenated alkanes) is 4. The van der Waals surface area contributed by atoms with Gasteiger partial charge in [0.15, 0.2) is 6.10 Å². The molecule has 0 rings (SSSR count). The van der Waals surface area contributed by atoms with Crippen LogP contribution in [0.1, 0.15) is 64.7 Å². The van der Waals surface area contributed by atoms with E-state index in [1.165, 1.54) is 6.42 Å². The number of carbonyl (C=O) groups is 2. The van der Waals surface area contributed by atoms with Crippen LogP contribution in [0.15, 0.2) is 0 Å². The Hall–Kier alpha value is -1.18. The Morgan fingerprint density at radius 1 is 1.00 bits per heavy atom. The van der Waals surface area contributed by atoms with Gasteiger partial charge in [-0.2, -0.15) is 0 Å². The molecule has 7 nitrogen and oxygen atoms in total. The average Bonchev–Trinajstić information content (AvgIpc) is 2.43. The van der Waals surface area contributed by atoms with E-state index in [1.807, 2.05) is 21.1 Å². The molecule has 0 aromatic heterocycles. The molecule has 7 heteroatoms. The first-order valence-electron chi connectivity index (χ1n) is 9.59. The van der Waals surface area contributed by atoms with Crippen molar-refractivity contribution < 1.29 is 34.1 Å². The van der Waals surface area contributed by atoms with Crippen LogP contribution in [0.5, 0.6) is 0 Å². The summed E-state index contributed by atoms with van der Waals surface area (Å²) in [6.45, 7) is 2.47. The van der Waals surface area contributed by atoms with E-state index in [4.69, 9.17) is 4.74 Å². The number of ether oxygens (including phenoxy) is 1. The van der Waals surface area contributed by atoms with Gasteiger partial charge in [0.25, 0.3) is 0 Å². The Labute approximate surface area is 157 Å². The van der Waals surface area contributed by atoms with Gasteiger partial charge in [0.05, 0.1) is 39.8 Å². The first-order valence-corrected chi connectivity index (χ1v) is 9.59. The Morgan fingerprint density at radius 3 is 2.15 bits per heavy atom. The molecule has 0 bridgehead atoms. The van der Waals surface area contributed by atoms with Crippen molar-refractivity contribution in [3.05, 3.63) is 0 Å². The predicted octanol–water partition coefficient (Wildman–Crippen LogP) is 0.607. The Kier molecular flexibility index (Phi) is 12.5. The summed E-state index contributed by atoms with van der Waals surface area (Å²) in [6.07, 6.45) is 3.08. The van der Waals surface area contributed by atoms with Gasteiger partial charge in [0, 0.05) is 12.4 Å². The van der Waals surface area contributed by atoms with Crippen LogP contribution < -0.4 is 5.11 Å². The van der Waals surface area contributed by atoms with Crippen LogP contribution in [-0.2, 0) is 14.3 Å². The number of nitrogens with zero attached hydrogens (tertiary/aromatic N) is 1. The fourth-order valence-corrected chi connectivity index (χ4v) is 2.87. The third kappa shape index (κ3) is 15.1. The maximum atomic E-state index is 12.0. The molecule has 2 N–H and O–H groups in total. The molecule has 0 aliphatic carbocycles. The minimum Gasteiger partial charge on any atom is -0.550 e. The van der Waals surface area contributed by atoms with Crippen LogP contribution in [0.2, 0.25) is 0 Å². The van der Waals surface area contributed by atoms with E-state index >= 15 is 0 Å². The smallest absolute Gasteiger partial charge is 0.308 e. The number of aliphatic hydroxyl groups excluding tert-OH is 2. The standard InChI is InChI=1S/C19H37NO6/c1-5-6-7-8-9-10-15(21)11-16(22)12-19(25)26-17(13-18(23)24)14-20(2,3)4/h15-17,21-22H,5-14H2,1-4H3. The molecule has 26 heavy (non-hydrogen) atoms. The second kappa shape index (κ2) is 13.1. The van der Waals surface area contributed by atoms with E-state index < -0.39 is 30.3 Å². The zero-order valence-electron chi connectivity index (χ0n) is 16.8. The van der Waals surface area contributed by atoms with Gasteiger partial charge >= 0.3 is 5.97 Å². The van der Waals surface area contributed by atoms with Crippen molar-refractivity contribution in [3.8, 4) is 0 Å². The second-order valence-electron chi connectivity index (χ2n) is 8.11. The number of esters is 1. The van der Waals surface area contributed by atoms with Gasteiger partial charge in [0.2, 0.25) is 0 Å². The fourth-order valence-electron chi connectivity index (χ4n) is 2.87. The summed E-state index contributed by atoms with van der Waals surface area (Å²) in [4.78, 5) is 22.8. The Balaban J connectivity index is 4.22. The van der Waals surface area contributed by atoms with Gasteiger partial charge < -0.3 is 29.3 Å². The molecule has 0 saturated heterocycles.